The van der Waals surface area contributed by atoms with E-state index in [1.807, 2.05) is 11.9 Å². The molecule has 1 amide bonds. The Labute approximate surface area is 158 Å². The van der Waals surface area contributed by atoms with Crippen LogP contribution in [-0.4, -0.2) is 71.0 Å². The Morgan fingerprint density at radius 1 is 1.37 bits per heavy atom. The summed E-state index contributed by atoms with van der Waals surface area (Å²) in [6.07, 6.45) is 2.04. The molecule has 2 N–H and O–H groups in total. The number of aryl methyl sites for hydroxylation is 1. The van der Waals surface area contributed by atoms with Crippen LogP contribution in [0.4, 0.5) is 11.4 Å². The lowest BCUT2D eigenvalue weighted by atomic mass is 10.0. The van der Waals surface area contributed by atoms with E-state index in [0.717, 1.165) is 31.5 Å². The highest BCUT2D eigenvalue weighted by Crippen LogP contribution is 2.22. The number of carbonyl (C=O) groups is 2. The number of hydrogen-bond acceptors (Lipinski definition) is 6. The molecule has 1 aromatic carbocycles. The van der Waals surface area contributed by atoms with Gasteiger partial charge in [-0.25, -0.2) is 0 Å². The average Bonchev–Trinajstić information content (AvgIpc) is 2.61. The van der Waals surface area contributed by atoms with Crippen LogP contribution in [0.2, 0.25) is 0 Å². The molecule has 1 fully saturated rings. The second-order valence-corrected chi connectivity index (χ2v) is 6.94. The number of nitro benzene ring substituents is 1. The summed E-state index contributed by atoms with van der Waals surface area (Å²) in [7, 11) is 1.82. The minimum atomic E-state index is -0.826. The minimum Gasteiger partial charge on any atom is -0.480 e. The molecule has 0 bridgehead atoms. The fourth-order valence-electron chi connectivity index (χ4n) is 3.26. The number of nitro groups is 1. The molecule has 1 saturated heterocycles. The number of aliphatic carboxylic acids is 1. The van der Waals surface area contributed by atoms with E-state index in [-0.39, 0.29) is 24.2 Å². The number of piperidine rings is 1. The predicted octanol–water partition coefficient (Wildman–Crippen LogP) is 1.71. The molecule has 9 heteroatoms. The maximum atomic E-state index is 12.2. The number of amides is 1. The van der Waals surface area contributed by atoms with Crippen molar-refractivity contribution in [1.82, 2.24) is 9.80 Å². The third kappa shape index (κ3) is 6.30. The molecule has 0 radical (unpaired) electrons. The zero-order valence-corrected chi connectivity index (χ0v) is 15.7. The first kappa shape index (κ1) is 20.8. The topological polar surface area (TPSA) is 116 Å². The van der Waals surface area contributed by atoms with E-state index in [2.05, 4.69) is 10.2 Å². The molecule has 0 atom stereocenters. The summed E-state index contributed by atoms with van der Waals surface area (Å²) in [6.45, 7) is 4.07. The van der Waals surface area contributed by atoms with Crippen LogP contribution < -0.4 is 5.32 Å². The molecule has 0 aromatic heterocycles. The Kier molecular flexibility index (Phi) is 7.26. The SMILES string of the molecule is Cc1ccc([N+](=O)[O-])cc1NC(=O)CCN1CCC(N(C)CC(=O)O)CC1. The number of non-ortho nitro benzene ring substituents is 1. The fraction of sp³-hybridized carbons (Fsp3) is 0.556. The highest BCUT2D eigenvalue weighted by atomic mass is 16.6. The number of carbonyl (C=O) groups excluding carboxylic acids is 1. The summed E-state index contributed by atoms with van der Waals surface area (Å²) in [5, 5.41) is 22.5. The molecular weight excluding hydrogens is 352 g/mol. The minimum absolute atomic E-state index is 0.0373. The van der Waals surface area contributed by atoms with Gasteiger partial charge in [0.05, 0.1) is 17.2 Å². The number of anilines is 1. The Balaban J connectivity index is 1.78. The van der Waals surface area contributed by atoms with Crippen molar-refractivity contribution in [2.75, 3.05) is 38.5 Å². The molecule has 1 aliphatic heterocycles. The Hall–Kier alpha value is -2.52. The van der Waals surface area contributed by atoms with Gasteiger partial charge < -0.3 is 15.3 Å². The summed E-state index contributed by atoms with van der Waals surface area (Å²) < 4.78 is 0. The third-order valence-electron chi connectivity index (χ3n) is 4.93. The zero-order chi connectivity index (χ0) is 20.0. The van der Waals surface area contributed by atoms with Gasteiger partial charge in [-0.05, 0) is 45.5 Å². The van der Waals surface area contributed by atoms with Gasteiger partial charge in [0.25, 0.3) is 5.69 Å². The van der Waals surface area contributed by atoms with Crippen molar-refractivity contribution in [1.29, 1.82) is 0 Å². The average molecular weight is 378 g/mol. The Morgan fingerprint density at radius 3 is 2.63 bits per heavy atom. The quantitative estimate of drug-likeness (QED) is 0.522. The van der Waals surface area contributed by atoms with Crippen molar-refractivity contribution in [3.8, 4) is 0 Å². The Morgan fingerprint density at radius 2 is 2.04 bits per heavy atom. The van der Waals surface area contributed by atoms with Crippen molar-refractivity contribution in [2.24, 2.45) is 0 Å². The van der Waals surface area contributed by atoms with Gasteiger partial charge in [-0.2, -0.15) is 0 Å². The van der Waals surface area contributed by atoms with E-state index in [4.69, 9.17) is 5.11 Å². The molecule has 1 aliphatic rings. The lowest BCUT2D eigenvalue weighted by Gasteiger charge is -2.36. The van der Waals surface area contributed by atoms with E-state index >= 15 is 0 Å². The molecule has 0 unspecified atom stereocenters. The highest BCUT2D eigenvalue weighted by Gasteiger charge is 2.23. The molecule has 0 aliphatic carbocycles. The number of rotatable bonds is 8. The van der Waals surface area contributed by atoms with Crippen LogP contribution in [0.5, 0.6) is 0 Å². The Bertz CT molecular complexity index is 701. The largest absolute Gasteiger partial charge is 0.480 e. The van der Waals surface area contributed by atoms with E-state index in [9.17, 15) is 19.7 Å². The van der Waals surface area contributed by atoms with Crippen molar-refractivity contribution < 1.29 is 19.6 Å². The van der Waals surface area contributed by atoms with Crippen LogP contribution in [0.1, 0.15) is 24.8 Å². The van der Waals surface area contributed by atoms with Crippen LogP contribution in [0.3, 0.4) is 0 Å². The van der Waals surface area contributed by atoms with Gasteiger partial charge in [0.1, 0.15) is 0 Å². The zero-order valence-electron chi connectivity index (χ0n) is 15.7. The molecule has 2 rings (SSSR count). The van der Waals surface area contributed by atoms with E-state index in [1.165, 1.54) is 12.1 Å². The molecule has 0 spiro atoms. The van der Waals surface area contributed by atoms with Gasteiger partial charge in [0, 0.05) is 31.1 Å². The standard InChI is InChI=1S/C18H26N4O5/c1-13-3-4-15(22(26)27)11-16(13)19-17(23)7-10-21-8-5-14(6-9-21)20(2)12-18(24)25/h3-4,11,14H,5-10,12H2,1-2H3,(H,19,23)(H,24,25). The fourth-order valence-corrected chi connectivity index (χ4v) is 3.26. The summed E-state index contributed by atoms with van der Waals surface area (Å²) in [6, 6.07) is 4.65. The van der Waals surface area contributed by atoms with E-state index < -0.39 is 10.9 Å². The van der Waals surface area contributed by atoms with Crippen molar-refractivity contribution in [2.45, 2.75) is 32.2 Å². The summed E-state index contributed by atoms with van der Waals surface area (Å²) in [5.41, 5.74) is 1.18. The van der Waals surface area contributed by atoms with Gasteiger partial charge in [0.15, 0.2) is 0 Å². The lowest BCUT2D eigenvalue weighted by Crippen LogP contribution is -2.45. The monoisotopic (exact) mass is 378 g/mol. The van der Waals surface area contributed by atoms with Crippen LogP contribution in [-0.2, 0) is 9.59 Å². The molecule has 148 valence electrons. The van der Waals surface area contributed by atoms with Gasteiger partial charge >= 0.3 is 5.97 Å². The molecule has 1 aromatic rings. The van der Waals surface area contributed by atoms with Crippen LogP contribution in [0, 0.1) is 17.0 Å². The number of nitrogens with one attached hydrogen (secondary N) is 1. The number of nitrogens with zero attached hydrogens (tertiary/aromatic N) is 3. The van der Waals surface area contributed by atoms with E-state index in [1.54, 1.807) is 13.0 Å². The van der Waals surface area contributed by atoms with Gasteiger partial charge in [-0.3, -0.25) is 24.6 Å². The number of carboxylic acid groups (broad SMARTS) is 1. The molecule has 27 heavy (non-hydrogen) atoms. The maximum absolute atomic E-state index is 12.2. The summed E-state index contributed by atoms with van der Waals surface area (Å²) in [5.74, 6) is -1.00. The summed E-state index contributed by atoms with van der Waals surface area (Å²) >= 11 is 0. The van der Waals surface area contributed by atoms with Crippen LogP contribution in [0.25, 0.3) is 0 Å². The predicted molar refractivity (Wildman–Crippen MR) is 101 cm³/mol. The first-order valence-electron chi connectivity index (χ1n) is 8.95. The number of likely N-dealkylation sites (tertiary alicyclic amines) is 1. The second kappa shape index (κ2) is 9.43. The van der Waals surface area contributed by atoms with Crippen molar-refractivity contribution >= 4 is 23.3 Å². The third-order valence-corrected chi connectivity index (χ3v) is 4.93. The molecule has 1 heterocycles. The van der Waals surface area contributed by atoms with Gasteiger partial charge in [-0.1, -0.05) is 6.07 Å². The smallest absolute Gasteiger partial charge is 0.317 e. The molecular formula is C18H26N4O5. The number of carboxylic acids is 1. The first-order valence-corrected chi connectivity index (χ1v) is 8.95. The maximum Gasteiger partial charge on any atom is 0.317 e. The van der Waals surface area contributed by atoms with Gasteiger partial charge in [0.2, 0.25) is 5.91 Å². The van der Waals surface area contributed by atoms with Crippen LogP contribution in [0.15, 0.2) is 18.2 Å². The van der Waals surface area contributed by atoms with Crippen LogP contribution >= 0.6 is 0 Å². The number of benzene rings is 1. The molecule has 0 saturated carbocycles. The second-order valence-electron chi connectivity index (χ2n) is 6.94. The lowest BCUT2D eigenvalue weighted by molar-refractivity contribution is -0.384. The highest BCUT2D eigenvalue weighted by molar-refractivity contribution is 5.92. The van der Waals surface area contributed by atoms with Crippen molar-refractivity contribution in [3.05, 3.63) is 33.9 Å². The first-order chi connectivity index (χ1) is 12.8. The van der Waals surface area contributed by atoms with Gasteiger partial charge in [-0.15, -0.1) is 0 Å². The van der Waals surface area contributed by atoms with Crippen molar-refractivity contribution in [3.63, 3.8) is 0 Å². The number of hydrogen-bond donors (Lipinski definition) is 2. The molecule has 9 nitrogen and oxygen atoms in total. The summed E-state index contributed by atoms with van der Waals surface area (Å²) in [4.78, 5) is 37.4. The number of likely N-dealkylation sites (N-methyl/N-ethyl adjacent to an activating group) is 1. The van der Waals surface area contributed by atoms with E-state index in [0.29, 0.717) is 18.7 Å². The normalized spacial score (nSPS) is 15.7.